The van der Waals surface area contributed by atoms with Gasteiger partial charge in [-0.1, -0.05) is 19.8 Å². The first-order chi connectivity index (χ1) is 4.27. The first kappa shape index (κ1) is 17.8. The van der Waals surface area contributed by atoms with Gasteiger partial charge in [0.15, 0.2) is 0 Å². The topological polar surface area (TPSA) is 49.7 Å². The third-order valence-electron chi connectivity index (χ3n) is 0.955. The van der Waals surface area contributed by atoms with E-state index in [0.29, 0.717) is 6.61 Å². The maximum Gasteiger partial charge on any atom is 0.327 e. The third kappa shape index (κ3) is 18.1. The lowest BCUT2D eigenvalue weighted by atomic mass is 10.3. The zero-order valence-electron chi connectivity index (χ0n) is 6.39. The van der Waals surface area contributed by atoms with Gasteiger partial charge in [-0.15, -0.1) is 24.8 Å². The van der Waals surface area contributed by atoms with E-state index in [4.69, 9.17) is 9.79 Å². The van der Waals surface area contributed by atoms with E-state index in [9.17, 15) is 0 Å². The fourth-order valence-electron chi connectivity index (χ4n) is 0.498. The van der Waals surface area contributed by atoms with Crippen molar-refractivity contribution in [3.05, 3.63) is 0 Å². The van der Waals surface area contributed by atoms with Crippen LogP contribution in [-0.2, 0) is 4.52 Å². The normalized spacial score (nSPS) is 8.73. The SMILES string of the molecule is CCCCCOP(O)O.Cl.Cl. The number of hydrogen-bond acceptors (Lipinski definition) is 3. The summed E-state index contributed by atoms with van der Waals surface area (Å²) in [5.74, 6) is 0. The van der Waals surface area contributed by atoms with Crippen LogP contribution >= 0.6 is 33.4 Å². The fourth-order valence-corrected chi connectivity index (χ4v) is 0.791. The van der Waals surface area contributed by atoms with Crippen molar-refractivity contribution in [2.75, 3.05) is 6.61 Å². The molecule has 0 amide bonds. The number of rotatable bonds is 5. The minimum atomic E-state index is -2.12. The highest BCUT2D eigenvalue weighted by molar-refractivity contribution is 7.39. The van der Waals surface area contributed by atoms with E-state index in [-0.39, 0.29) is 24.8 Å². The highest BCUT2D eigenvalue weighted by atomic mass is 35.5. The maximum absolute atomic E-state index is 8.25. The molecule has 11 heavy (non-hydrogen) atoms. The summed E-state index contributed by atoms with van der Waals surface area (Å²) in [6.45, 7) is 2.55. The molecular formula is C5H15Cl2O3P. The molecule has 0 aliphatic heterocycles. The molecular weight excluding hydrogens is 210 g/mol. The Balaban J connectivity index is -0.000000320. The van der Waals surface area contributed by atoms with Gasteiger partial charge in [-0.3, -0.25) is 0 Å². The van der Waals surface area contributed by atoms with Crippen molar-refractivity contribution < 1.29 is 14.3 Å². The predicted octanol–water partition coefficient (Wildman–Crippen LogP) is 2.25. The Hall–Kier alpha value is 0.890. The summed E-state index contributed by atoms with van der Waals surface area (Å²) in [6, 6.07) is 0. The van der Waals surface area contributed by atoms with Gasteiger partial charge in [0.2, 0.25) is 0 Å². The van der Waals surface area contributed by atoms with Crippen molar-refractivity contribution in [2.45, 2.75) is 26.2 Å². The van der Waals surface area contributed by atoms with Crippen LogP contribution in [0.2, 0.25) is 0 Å². The molecule has 6 heteroatoms. The molecule has 3 nitrogen and oxygen atoms in total. The number of unbranched alkanes of at least 4 members (excludes halogenated alkanes) is 2. The van der Waals surface area contributed by atoms with E-state index in [1.807, 2.05) is 0 Å². The van der Waals surface area contributed by atoms with Gasteiger partial charge in [0, 0.05) is 0 Å². The molecule has 0 rings (SSSR count). The molecule has 0 bridgehead atoms. The minimum absolute atomic E-state index is 0. The van der Waals surface area contributed by atoms with Crippen molar-refractivity contribution in [3.8, 4) is 0 Å². The molecule has 0 saturated heterocycles. The lowest BCUT2D eigenvalue weighted by Crippen LogP contribution is -1.87. The van der Waals surface area contributed by atoms with Crippen molar-refractivity contribution in [2.24, 2.45) is 0 Å². The number of hydrogen-bond donors (Lipinski definition) is 2. The molecule has 0 spiro atoms. The first-order valence-corrected chi connectivity index (χ1v) is 4.24. The Morgan fingerprint density at radius 3 is 2.09 bits per heavy atom. The highest BCUT2D eigenvalue weighted by Crippen LogP contribution is 2.24. The van der Waals surface area contributed by atoms with Crippen molar-refractivity contribution in [3.63, 3.8) is 0 Å². The van der Waals surface area contributed by atoms with E-state index >= 15 is 0 Å². The van der Waals surface area contributed by atoms with Gasteiger partial charge in [-0.25, -0.2) is 0 Å². The summed E-state index contributed by atoms with van der Waals surface area (Å²) in [5.41, 5.74) is 0. The third-order valence-corrected chi connectivity index (χ3v) is 1.37. The second-order valence-corrected chi connectivity index (χ2v) is 2.56. The molecule has 0 aliphatic carbocycles. The van der Waals surface area contributed by atoms with Gasteiger partial charge in [0.25, 0.3) is 0 Å². The van der Waals surface area contributed by atoms with Crippen LogP contribution < -0.4 is 0 Å². The molecule has 0 aromatic carbocycles. The van der Waals surface area contributed by atoms with Crippen molar-refractivity contribution >= 4 is 33.4 Å². The Kier molecular flexibility index (Phi) is 21.9. The van der Waals surface area contributed by atoms with Crippen LogP contribution in [0.3, 0.4) is 0 Å². The molecule has 72 valence electrons. The summed E-state index contributed by atoms with van der Waals surface area (Å²) >= 11 is 0. The number of halogens is 2. The van der Waals surface area contributed by atoms with E-state index < -0.39 is 8.60 Å². The average Bonchev–Trinajstić information content (AvgIpc) is 1.80. The molecule has 0 aliphatic rings. The second kappa shape index (κ2) is 13.5. The molecule has 2 N–H and O–H groups in total. The predicted molar refractivity (Wildman–Crippen MR) is 51.3 cm³/mol. The van der Waals surface area contributed by atoms with Gasteiger partial charge >= 0.3 is 8.60 Å². The lowest BCUT2D eigenvalue weighted by molar-refractivity contribution is 0.249. The molecule has 0 aromatic rings. The summed E-state index contributed by atoms with van der Waals surface area (Å²) in [5, 5.41) is 0. The quantitative estimate of drug-likeness (QED) is 0.557. The van der Waals surface area contributed by atoms with Crippen molar-refractivity contribution in [1.29, 1.82) is 0 Å². The van der Waals surface area contributed by atoms with Gasteiger partial charge < -0.3 is 14.3 Å². The lowest BCUT2D eigenvalue weighted by Gasteiger charge is -2.01. The zero-order valence-corrected chi connectivity index (χ0v) is 8.92. The summed E-state index contributed by atoms with van der Waals surface area (Å²) < 4.78 is 4.52. The Labute approximate surface area is 81.0 Å². The monoisotopic (exact) mass is 224 g/mol. The maximum atomic E-state index is 8.25. The van der Waals surface area contributed by atoms with Crippen LogP contribution in [0.1, 0.15) is 26.2 Å². The van der Waals surface area contributed by atoms with Crippen molar-refractivity contribution in [1.82, 2.24) is 0 Å². The van der Waals surface area contributed by atoms with Gasteiger partial charge in [-0.05, 0) is 6.42 Å². The van der Waals surface area contributed by atoms with E-state index in [2.05, 4.69) is 11.4 Å². The van der Waals surface area contributed by atoms with Gasteiger partial charge in [0.1, 0.15) is 0 Å². The van der Waals surface area contributed by atoms with E-state index in [0.717, 1.165) is 19.3 Å². The summed E-state index contributed by atoms with van der Waals surface area (Å²) in [7, 11) is -2.12. The summed E-state index contributed by atoms with van der Waals surface area (Å²) in [6.07, 6.45) is 3.12. The minimum Gasteiger partial charge on any atom is -0.328 e. The van der Waals surface area contributed by atoms with E-state index in [1.54, 1.807) is 0 Å². The fraction of sp³-hybridized carbons (Fsp3) is 1.00. The Bertz CT molecular complexity index is 65.7. The average molecular weight is 225 g/mol. The van der Waals surface area contributed by atoms with E-state index in [1.165, 1.54) is 0 Å². The standard InChI is InChI=1S/C5H13O3P.2ClH/c1-2-3-4-5-8-9(6)7;;/h6-7H,2-5H2,1H3;2*1H. The molecule has 0 radical (unpaired) electrons. The zero-order chi connectivity index (χ0) is 7.11. The molecule has 0 fully saturated rings. The summed E-state index contributed by atoms with van der Waals surface area (Å²) in [4.78, 5) is 16.5. The van der Waals surface area contributed by atoms with Gasteiger partial charge in [-0.2, -0.15) is 0 Å². The molecule has 0 saturated carbocycles. The Morgan fingerprint density at radius 1 is 1.18 bits per heavy atom. The van der Waals surface area contributed by atoms with Crippen LogP contribution in [-0.4, -0.2) is 16.4 Å². The van der Waals surface area contributed by atoms with Crippen LogP contribution in [0, 0.1) is 0 Å². The molecule has 0 atom stereocenters. The first-order valence-electron chi connectivity index (χ1n) is 3.08. The molecule has 0 unspecified atom stereocenters. The van der Waals surface area contributed by atoms with Crippen LogP contribution in [0.5, 0.6) is 0 Å². The second-order valence-electron chi connectivity index (χ2n) is 1.79. The largest absolute Gasteiger partial charge is 0.328 e. The Morgan fingerprint density at radius 2 is 1.73 bits per heavy atom. The smallest absolute Gasteiger partial charge is 0.327 e. The van der Waals surface area contributed by atoms with Crippen LogP contribution in [0.15, 0.2) is 0 Å². The van der Waals surface area contributed by atoms with Crippen LogP contribution in [0.25, 0.3) is 0 Å². The highest BCUT2D eigenvalue weighted by Gasteiger charge is 1.95. The van der Waals surface area contributed by atoms with Gasteiger partial charge in [0.05, 0.1) is 6.61 Å². The molecule has 0 heterocycles. The van der Waals surface area contributed by atoms with Crippen LogP contribution in [0.4, 0.5) is 0 Å². The molecule has 0 aromatic heterocycles.